The van der Waals surface area contributed by atoms with Crippen LogP contribution >= 0.6 is 0 Å². The van der Waals surface area contributed by atoms with E-state index in [-0.39, 0.29) is 59.6 Å². The number of nitrogens with zero attached hydrogens (tertiary/aromatic N) is 8. The summed E-state index contributed by atoms with van der Waals surface area (Å²) in [7, 11) is 0. The van der Waals surface area contributed by atoms with Gasteiger partial charge in [0, 0.05) is 81.9 Å². The van der Waals surface area contributed by atoms with Gasteiger partial charge in [0.05, 0.1) is 29.6 Å². The van der Waals surface area contributed by atoms with Crippen molar-refractivity contribution in [3.63, 3.8) is 0 Å². The highest BCUT2D eigenvalue weighted by atomic mass is 15.4. The van der Waals surface area contributed by atoms with Crippen LogP contribution in [0.3, 0.4) is 0 Å². The molecular weight excluding hydrogens is 881 g/mol. The third-order valence-corrected chi connectivity index (χ3v) is 11.8. The highest BCUT2D eigenvalue weighted by Crippen LogP contribution is 2.39. The third kappa shape index (κ3) is 21.2. The number of hydrogen-bond acceptors (Lipinski definition) is 4. The van der Waals surface area contributed by atoms with Crippen LogP contribution in [0.5, 0.6) is 0 Å². The van der Waals surface area contributed by atoms with E-state index in [0.717, 1.165) is 31.9 Å². The molecule has 0 aromatic carbocycles. The molecule has 0 amide bonds. The van der Waals surface area contributed by atoms with Gasteiger partial charge in [-0.3, -0.25) is 4.68 Å². The lowest BCUT2D eigenvalue weighted by molar-refractivity contribution is 0.305. The van der Waals surface area contributed by atoms with Crippen molar-refractivity contribution >= 4 is 0 Å². The zero-order valence-corrected chi connectivity index (χ0v) is 54.7. The Bertz CT molecular complexity index is 1950. The largest absolute Gasteiger partial charge is 0.350 e. The van der Waals surface area contributed by atoms with E-state index in [1.807, 2.05) is 6.33 Å². The fraction of sp³-hybridized carbons (Fsp3) is 0.812. The van der Waals surface area contributed by atoms with Gasteiger partial charge in [-0.2, -0.15) is 5.10 Å². The molecule has 4 heterocycles. The van der Waals surface area contributed by atoms with Gasteiger partial charge in [0.25, 0.3) is 0 Å². The first kappa shape index (κ1) is 66.9. The maximum absolute atomic E-state index is 4.70. The smallest absolute Gasteiger partial charge is 0.0952 e. The van der Waals surface area contributed by atoms with Crippen LogP contribution in [-0.4, -0.2) is 38.9 Å². The molecule has 0 aliphatic carbocycles. The maximum atomic E-state index is 4.70. The molecule has 0 unspecified atom stereocenters. The van der Waals surface area contributed by atoms with E-state index < -0.39 is 0 Å². The van der Waals surface area contributed by atoms with E-state index in [0.29, 0.717) is 5.41 Å². The predicted molar refractivity (Wildman–Crippen MR) is 316 cm³/mol. The third-order valence-electron chi connectivity index (χ3n) is 11.8. The normalized spacial score (nSPS) is 14.1. The van der Waals surface area contributed by atoms with Crippen molar-refractivity contribution in [2.24, 2.45) is 21.7 Å². The molecule has 0 bridgehead atoms. The predicted octanol–water partition coefficient (Wildman–Crippen LogP) is 18.1. The summed E-state index contributed by atoms with van der Waals surface area (Å²) in [6, 6.07) is 2.31. The van der Waals surface area contributed by atoms with Crippen LogP contribution in [0.4, 0.5) is 0 Å². The quantitative estimate of drug-likeness (QED) is 0.204. The first-order valence-corrected chi connectivity index (χ1v) is 27.6. The molecule has 4 rings (SSSR count). The fourth-order valence-electron chi connectivity index (χ4n) is 9.32. The zero-order valence-electron chi connectivity index (χ0n) is 54.7. The lowest BCUT2D eigenvalue weighted by atomic mass is 9.79. The van der Waals surface area contributed by atoms with Crippen LogP contribution in [-0.2, 0) is 69.5 Å². The van der Waals surface area contributed by atoms with E-state index >= 15 is 0 Å². The highest BCUT2D eigenvalue weighted by molar-refractivity contribution is 5.35. The average Bonchev–Trinajstić information content (AvgIpc) is 3.85. The summed E-state index contributed by atoms with van der Waals surface area (Å²) in [6.07, 6.45) is 6.35. The first-order chi connectivity index (χ1) is 31.3. The lowest BCUT2D eigenvalue weighted by Crippen LogP contribution is -2.27. The van der Waals surface area contributed by atoms with Gasteiger partial charge in [-0.05, 0) is 49.7 Å². The van der Waals surface area contributed by atoms with Gasteiger partial charge in [0.15, 0.2) is 0 Å². The molecule has 0 radical (unpaired) electrons. The topological polar surface area (TPSA) is 71.3 Å². The van der Waals surface area contributed by atoms with Gasteiger partial charge < -0.3 is 9.13 Å². The van der Waals surface area contributed by atoms with Crippen LogP contribution in [0, 0.1) is 21.7 Å². The second-order valence-electron chi connectivity index (χ2n) is 34.5. The molecule has 0 saturated carbocycles. The molecule has 4 aromatic heterocycles. The lowest BCUT2D eigenvalue weighted by Gasteiger charge is -2.31. The summed E-state index contributed by atoms with van der Waals surface area (Å²) in [5.41, 5.74) is 12.8. The average molecular weight is 1000 g/mol. The van der Waals surface area contributed by atoms with Crippen LogP contribution < -0.4 is 0 Å². The van der Waals surface area contributed by atoms with E-state index in [2.05, 4.69) is 302 Å². The molecule has 0 spiro atoms. The van der Waals surface area contributed by atoms with Crippen molar-refractivity contribution in [3.8, 4) is 0 Å². The second-order valence-corrected chi connectivity index (χ2v) is 34.5. The Labute approximate surface area is 447 Å². The van der Waals surface area contributed by atoms with E-state index in [4.69, 9.17) is 4.98 Å². The maximum Gasteiger partial charge on any atom is 0.0952 e. The number of rotatable bonds is 4. The van der Waals surface area contributed by atoms with Gasteiger partial charge in [0.2, 0.25) is 0 Å². The Hall–Kier alpha value is -3.16. The molecule has 416 valence electrons. The molecule has 0 fully saturated rings. The summed E-state index contributed by atoms with van der Waals surface area (Å²) < 4.78 is 9.11. The Morgan fingerprint density at radius 3 is 1.03 bits per heavy atom. The molecule has 4 aromatic rings. The summed E-state index contributed by atoms with van der Waals surface area (Å²) in [4.78, 5) is 4.70. The molecule has 0 N–H and O–H groups in total. The van der Waals surface area contributed by atoms with Crippen molar-refractivity contribution in [3.05, 3.63) is 70.1 Å². The Morgan fingerprint density at radius 2 is 0.694 bits per heavy atom. The number of aromatic nitrogens is 8. The molecular formula is C64H120N8. The van der Waals surface area contributed by atoms with Crippen LogP contribution in [0.2, 0.25) is 0 Å². The van der Waals surface area contributed by atoms with Crippen molar-refractivity contribution in [2.45, 2.75) is 319 Å². The Morgan fingerprint density at radius 1 is 0.333 bits per heavy atom. The van der Waals surface area contributed by atoms with Crippen molar-refractivity contribution in [2.75, 3.05) is 0 Å². The summed E-state index contributed by atoms with van der Waals surface area (Å²) in [5, 5.41) is 13.5. The monoisotopic (exact) mass is 1000 g/mol. The zero-order chi connectivity index (χ0) is 57.4. The summed E-state index contributed by atoms with van der Waals surface area (Å²) >= 11 is 0. The SMILES string of the molecule is CC(C)(C)Cn1ccc(C(C)(C)C)c1C(C)(C)C.CC(C)(C)Cn1cnc(C(C)(C)C)c1C(C)(C)C.CC(C)(C)Cn1ncc(C(C)(C)C)c1C(C)(C)C.CC(C)(C)Cn1nnc(C(C)(C)C)c1C(C)(C)C. The molecule has 0 atom stereocenters. The van der Waals surface area contributed by atoms with Gasteiger partial charge in [0.1, 0.15) is 0 Å². The minimum atomic E-state index is 0.0404. The summed E-state index contributed by atoms with van der Waals surface area (Å²) in [5.74, 6) is 0. The van der Waals surface area contributed by atoms with Gasteiger partial charge in [-0.1, -0.05) is 254 Å². The van der Waals surface area contributed by atoms with Crippen LogP contribution in [0.25, 0.3) is 0 Å². The van der Waals surface area contributed by atoms with Gasteiger partial charge in [-0.25, -0.2) is 9.67 Å². The molecule has 0 aliphatic heterocycles. The second kappa shape index (κ2) is 22.2. The van der Waals surface area contributed by atoms with E-state index in [9.17, 15) is 0 Å². The molecule has 8 heteroatoms. The molecule has 0 aliphatic rings. The Kier molecular flexibility index (Phi) is 20.6. The fourth-order valence-corrected chi connectivity index (χ4v) is 9.32. The number of imidazole rings is 1. The van der Waals surface area contributed by atoms with Crippen LogP contribution in [0.15, 0.2) is 24.8 Å². The minimum Gasteiger partial charge on any atom is -0.350 e. The van der Waals surface area contributed by atoms with Crippen molar-refractivity contribution in [1.82, 2.24) is 38.9 Å². The molecule has 72 heavy (non-hydrogen) atoms. The summed E-state index contributed by atoms with van der Waals surface area (Å²) in [6.45, 7) is 85.5. The standard InChI is InChI=1S/C17H31N.2C16H30N2.C15H29N3/c1-15(2,3)12-18-11-10-13(16(4,5)6)14(18)17(7,8)9;1-14(2,3)10-18-11-17-12(15(4,5)6)13(18)16(7,8)9;1-14(2,3)11-18-13(16(7,8)9)12(10-17-18)15(4,5)6;1-13(2,3)10-18-12(15(7,8)9)11(16-17-18)14(4,5)6/h10-11H,12H2,1-9H3;11H,10H2,1-9H3;10H,11H2,1-9H3;10H2,1-9H3. The minimum absolute atomic E-state index is 0.0404. The van der Waals surface area contributed by atoms with Crippen molar-refractivity contribution < 1.29 is 0 Å². The van der Waals surface area contributed by atoms with Gasteiger partial charge in [-0.15, -0.1) is 5.10 Å². The number of hydrogen-bond donors (Lipinski definition) is 0. The Balaban J connectivity index is 0.000000480. The van der Waals surface area contributed by atoms with Crippen LogP contribution in [0.1, 0.15) is 295 Å². The van der Waals surface area contributed by atoms with E-state index in [1.54, 1.807) is 0 Å². The molecule has 8 nitrogen and oxygen atoms in total. The van der Waals surface area contributed by atoms with Crippen molar-refractivity contribution in [1.29, 1.82) is 0 Å². The van der Waals surface area contributed by atoms with E-state index in [1.165, 1.54) is 39.6 Å². The van der Waals surface area contributed by atoms with Gasteiger partial charge >= 0.3 is 0 Å². The first-order valence-electron chi connectivity index (χ1n) is 27.6. The highest BCUT2D eigenvalue weighted by Gasteiger charge is 2.35. The molecule has 0 saturated heterocycles.